The molecule has 10 heteroatoms. The molecule has 2 saturated heterocycles. The lowest BCUT2D eigenvalue weighted by molar-refractivity contribution is 0.0974. The quantitative estimate of drug-likeness (QED) is 0.633. The number of nitrogens with zero attached hydrogens (tertiary/aromatic N) is 5. The number of anilines is 2. The molecule has 0 amide bonds. The molecule has 0 bridgehead atoms. The van der Waals surface area contributed by atoms with Gasteiger partial charge in [0.25, 0.3) is 0 Å². The highest BCUT2D eigenvalue weighted by atomic mass is 35.5. The number of fused-ring (bicyclic) bond motifs is 1. The topological polar surface area (TPSA) is 108 Å². The highest BCUT2D eigenvalue weighted by Gasteiger charge is 2.47. The minimum atomic E-state index is 0.0836. The number of pyridine rings is 1. The monoisotopic (exact) mass is 445 g/mol. The fraction of sp³-hybridized carbons (Fsp3) is 0.450. The SMILES string of the molecule is C[C@@H]1OCC2(CCN(c3ncc(Sc4ccnc(N)c4Cl)n4nccc34)CC2)C1N. The molecule has 2 atom stereocenters. The molecule has 0 saturated carbocycles. The van der Waals surface area contributed by atoms with Crippen LogP contribution >= 0.6 is 23.4 Å². The summed E-state index contributed by atoms with van der Waals surface area (Å²) in [7, 11) is 0. The molecular formula is C20H24ClN7OS. The molecule has 5 rings (SSSR count). The number of ether oxygens (including phenoxy) is 1. The molecule has 2 aliphatic heterocycles. The smallest absolute Gasteiger partial charge is 0.154 e. The van der Waals surface area contributed by atoms with Gasteiger partial charge < -0.3 is 21.1 Å². The summed E-state index contributed by atoms with van der Waals surface area (Å²) in [6.45, 7) is 4.62. The second-order valence-corrected chi connectivity index (χ2v) is 9.49. The first kappa shape index (κ1) is 19.9. The van der Waals surface area contributed by atoms with Crippen molar-refractivity contribution in [1.29, 1.82) is 0 Å². The van der Waals surface area contributed by atoms with Crippen LogP contribution in [-0.4, -0.2) is 51.4 Å². The summed E-state index contributed by atoms with van der Waals surface area (Å²) in [6, 6.07) is 3.93. The lowest BCUT2D eigenvalue weighted by Crippen LogP contribution is -2.50. The van der Waals surface area contributed by atoms with E-state index in [1.807, 2.05) is 22.8 Å². The van der Waals surface area contributed by atoms with E-state index in [4.69, 9.17) is 32.8 Å². The predicted octanol–water partition coefficient (Wildman–Crippen LogP) is 2.84. The van der Waals surface area contributed by atoms with Crippen LogP contribution in [0.2, 0.25) is 5.02 Å². The van der Waals surface area contributed by atoms with Gasteiger partial charge in [-0.3, -0.25) is 0 Å². The Balaban J connectivity index is 1.40. The van der Waals surface area contributed by atoms with Gasteiger partial charge >= 0.3 is 0 Å². The van der Waals surface area contributed by atoms with Crippen molar-refractivity contribution in [3.05, 3.63) is 35.7 Å². The van der Waals surface area contributed by atoms with Gasteiger partial charge in [0.2, 0.25) is 0 Å². The van der Waals surface area contributed by atoms with Crippen molar-refractivity contribution in [2.45, 2.75) is 41.8 Å². The normalized spacial score (nSPS) is 23.5. The van der Waals surface area contributed by atoms with Crippen molar-refractivity contribution in [2.75, 3.05) is 30.3 Å². The second kappa shape index (κ2) is 7.56. The Morgan fingerprint density at radius 2 is 2.03 bits per heavy atom. The van der Waals surface area contributed by atoms with Crippen molar-refractivity contribution < 1.29 is 4.74 Å². The summed E-state index contributed by atoms with van der Waals surface area (Å²) < 4.78 is 7.75. The number of rotatable bonds is 3. The Morgan fingerprint density at radius 3 is 2.77 bits per heavy atom. The van der Waals surface area contributed by atoms with Crippen molar-refractivity contribution in [3.8, 4) is 0 Å². The van der Waals surface area contributed by atoms with Gasteiger partial charge in [0.1, 0.15) is 16.4 Å². The van der Waals surface area contributed by atoms with Crippen LogP contribution in [0.1, 0.15) is 19.8 Å². The van der Waals surface area contributed by atoms with Crippen LogP contribution < -0.4 is 16.4 Å². The second-order valence-electron chi connectivity index (χ2n) is 8.05. The first-order valence-electron chi connectivity index (χ1n) is 10.0. The number of aromatic nitrogens is 4. The maximum Gasteiger partial charge on any atom is 0.154 e. The van der Waals surface area contributed by atoms with Gasteiger partial charge in [0.05, 0.1) is 30.1 Å². The summed E-state index contributed by atoms with van der Waals surface area (Å²) in [5.74, 6) is 1.25. The Bertz CT molecular complexity index is 1080. The third kappa shape index (κ3) is 3.20. The van der Waals surface area contributed by atoms with Gasteiger partial charge in [-0.2, -0.15) is 5.10 Å². The van der Waals surface area contributed by atoms with Crippen LogP contribution in [0.25, 0.3) is 5.52 Å². The Morgan fingerprint density at radius 1 is 1.23 bits per heavy atom. The van der Waals surface area contributed by atoms with Gasteiger partial charge in [-0.1, -0.05) is 23.4 Å². The maximum absolute atomic E-state index is 6.46. The van der Waals surface area contributed by atoms with Crippen LogP contribution in [-0.2, 0) is 4.74 Å². The molecule has 1 unspecified atom stereocenters. The number of nitrogens with two attached hydrogens (primary N) is 2. The first-order chi connectivity index (χ1) is 14.5. The molecule has 158 valence electrons. The Hall–Kier alpha value is -2.07. The molecule has 3 aromatic rings. The zero-order valence-corrected chi connectivity index (χ0v) is 18.2. The molecular weight excluding hydrogens is 422 g/mol. The molecule has 4 N–H and O–H groups in total. The van der Waals surface area contributed by atoms with Gasteiger partial charge in [-0.05, 0) is 31.9 Å². The summed E-state index contributed by atoms with van der Waals surface area (Å²) in [6.07, 6.45) is 7.41. The van der Waals surface area contributed by atoms with E-state index in [0.29, 0.717) is 10.8 Å². The number of piperidine rings is 1. The molecule has 0 aliphatic carbocycles. The minimum absolute atomic E-state index is 0.0836. The summed E-state index contributed by atoms with van der Waals surface area (Å²) in [5, 5.41) is 5.82. The zero-order chi connectivity index (χ0) is 20.9. The largest absolute Gasteiger partial charge is 0.382 e. The van der Waals surface area contributed by atoms with Crippen LogP contribution in [0.4, 0.5) is 11.6 Å². The van der Waals surface area contributed by atoms with E-state index < -0.39 is 0 Å². The van der Waals surface area contributed by atoms with Gasteiger partial charge in [0.15, 0.2) is 5.82 Å². The van der Waals surface area contributed by atoms with Crippen molar-refractivity contribution in [2.24, 2.45) is 11.1 Å². The third-order valence-electron chi connectivity index (χ3n) is 6.38. The predicted molar refractivity (Wildman–Crippen MR) is 118 cm³/mol. The highest BCUT2D eigenvalue weighted by Crippen LogP contribution is 2.42. The summed E-state index contributed by atoms with van der Waals surface area (Å²) >= 11 is 7.78. The number of hydrogen-bond donors (Lipinski definition) is 2. The van der Waals surface area contributed by atoms with E-state index in [0.717, 1.165) is 53.8 Å². The van der Waals surface area contributed by atoms with E-state index in [2.05, 4.69) is 21.9 Å². The van der Waals surface area contributed by atoms with E-state index in [9.17, 15) is 0 Å². The lowest BCUT2D eigenvalue weighted by Gasteiger charge is -2.41. The average molecular weight is 446 g/mol. The lowest BCUT2D eigenvalue weighted by atomic mass is 9.73. The summed E-state index contributed by atoms with van der Waals surface area (Å²) in [5.41, 5.74) is 13.3. The number of hydrogen-bond acceptors (Lipinski definition) is 8. The van der Waals surface area contributed by atoms with E-state index in [1.165, 1.54) is 11.8 Å². The molecule has 2 fully saturated rings. The Labute approximate surface area is 183 Å². The van der Waals surface area contributed by atoms with Crippen molar-refractivity contribution in [1.82, 2.24) is 19.6 Å². The standard InChI is InChI=1S/C20H24ClN7OS/c1-12-17(22)20(11-29-12)4-8-27(9-5-20)19-13-2-7-26-28(13)15(10-25-19)30-14-3-6-24-18(23)16(14)21/h2-3,6-7,10,12,17H,4-5,8-9,11,22H2,1H3,(H2,23,24)/t12-,17?/m0/s1. The molecule has 0 aromatic carbocycles. The molecule has 5 heterocycles. The summed E-state index contributed by atoms with van der Waals surface area (Å²) in [4.78, 5) is 12.0. The maximum atomic E-state index is 6.46. The minimum Gasteiger partial charge on any atom is -0.382 e. The fourth-order valence-corrected chi connectivity index (χ4v) is 5.58. The fourth-order valence-electron chi connectivity index (χ4n) is 4.47. The van der Waals surface area contributed by atoms with Gasteiger partial charge in [-0.15, -0.1) is 0 Å². The van der Waals surface area contributed by atoms with E-state index in [-0.39, 0.29) is 17.6 Å². The molecule has 3 aromatic heterocycles. The van der Waals surface area contributed by atoms with Gasteiger partial charge in [0, 0.05) is 35.6 Å². The van der Waals surface area contributed by atoms with E-state index >= 15 is 0 Å². The molecule has 1 spiro atoms. The number of nitrogen functional groups attached to an aromatic ring is 1. The van der Waals surface area contributed by atoms with Crippen LogP contribution in [0, 0.1) is 5.41 Å². The van der Waals surface area contributed by atoms with Crippen LogP contribution in [0.5, 0.6) is 0 Å². The Kier molecular flexibility index (Phi) is 5.01. The average Bonchev–Trinajstić information content (AvgIpc) is 3.35. The van der Waals surface area contributed by atoms with E-state index in [1.54, 1.807) is 12.4 Å². The molecule has 2 aliphatic rings. The zero-order valence-electron chi connectivity index (χ0n) is 16.7. The van der Waals surface area contributed by atoms with Crippen molar-refractivity contribution in [3.63, 3.8) is 0 Å². The van der Waals surface area contributed by atoms with Crippen molar-refractivity contribution >= 4 is 40.5 Å². The first-order valence-corrected chi connectivity index (χ1v) is 11.2. The van der Waals surface area contributed by atoms with Crippen LogP contribution in [0.3, 0.4) is 0 Å². The van der Waals surface area contributed by atoms with Crippen LogP contribution in [0.15, 0.2) is 40.6 Å². The molecule has 30 heavy (non-hydrogen) atoms. The number of halogens is 1. The van der Waals surface area contributed by atoms with Gasteiger partial charge in [-0.25, -0.2) is 14.5 Å². The molecule has 8 nitrogen and oxygen atoms in total. The third-order valence-corrected chi connectivity index (χ3v) is 7.94. The molecule has 0 radical (unpaired) electrons. The highest BCUT2D eigenvalue weighted by molar-refractivity contribution is 7.99.